The Morgan fingerprint density at radius 1 is 1.31 bits per heavy atom. The highest BCUT2D eigenvalue weighted by atomic mass is 35.5. The van der Waals surface area contributed by atoms with Crippen LogP contribution in [0.3, 0.4) is 0 Å². The molecule has 0 spiro atoms. The first-order valence-corrected chi connectivity index (χ1v) is 5.96. The molecule has 0 aromatic carbocycles. The van der Waals surface area contributed by atoms with Crippen molar-refractivity contribution >= 4 is 18.3 Å². The molecule has 2 aliphatic heterocycles. The molecule has 1 atom stereocenters. The van der Waals surface area contributed by atoms with E-state index in [2.05, 4.69) is 10.6 Å². The Bertz CT molecular complexity index is 214. The van der Waals surface area contributed by atoms with Crippen molar-refractivity contribution in [3.8, 4) is 0 Å². The van der Waals surface area contributed by atoms with Crippen molar-refractivity contribution < 1.29 is 9.53 Å². The number of hydrogen-bond donors (Lipinski definition) is 2. The summed E-state index contributed by atoms with van der Waals surface area (Å²) in [5.41, 5.74) is 0. The highest BCUT2D eigenvalue weighted by molar-refractivity contribution is 5.85. The third kappa shape index (κ3) is 3.92. The van der Waals surface area contributed by atoms with E-state index in [0.717, 1.165) is 45.4 Å². The molecule has 2 heterocycles. The number of rotatable bonds is 3. The number of hydrogen-bond acceptors (Lipinski definition) is 3. The Morgan fingerprint density at radius 2 is 2.06 bits per heavy atom. The highest BCUT2D eigenvalue weighted by Crippen LogP contribution is 2.13. The summed E-state index contributed by atoms with van der Waals surface area (Å²) in [6.07, 6.45) is 4.42. The van der Waals surface area contributed by atoms with Crippen LogP contribution < -0.4 is 10.6 Å². The number of piperidine rings is 1. The number of halogens is 1. The molecule has 1 unspecified atom stereocenters. The molecule has 5 heteroatoms. The van der Waals surface area contributed by atoms with E-state index in [4.69, 9.17) is 4.74 Å². The van der Waals surface area contributed by atoms with Crippen LogP contribution in [-0.4, -0.2) is 38.3 Å². The van der Waals surface area contributed by atoms with E-state index in [9.17, 15) is 4.79 Å². The van der Waals surface area contributed by atoms with E-state index in [-0.39, 0.29) is 30.3 Å². The molecule has 16 heavy (non-hydrogen) atoms. The van der Waals surface area contributed by atoms with Crippen molar-refractivity contribution in [3.05, 3.63) is 0 Å². The van der Waals surface area contributed by atoms with E-state index >= 15 is 0 Å². The molecular formula is C11H21ClN2O2. The third-order valence-corrected chi connectivity index (χ3v) is 3.24. The summed E-state index contributed by atoms with van der Waals surface area (Å²) in [6.45, 7) is 3.49. The molecular weight excluding hydrogens is 228 g/mol. The van der Waals surface area contributed by atoms with Crippen LogP contribution >= 0.6 is 12.4 Å². The maximum absolute atomic E-state index is 11.8. The zero-order valence-corrected chi connectivity index (χ0v) is 10.4. The largest absolute Gasteiger partial charge is 0.376 e. The lowest BCUT2D eigenvalue weighted by molar-refractivity contribution is -0.126. The lowest BCUT2D eigenvalue weighted by Crippen LogP contribution is -2.40. The number of carbonyl (C=O) groups is 1. The van der Waals surface area contributed by atoms with Crippen LogP contribution in [0.1, 0.15) is 25.7 Å². The van der Waals surface area contributed by atoms with Gasteiger partial charge < -0.3 is 15.4 Å². The summed E-state index contributed by atoms with van der Waals surface area (Å²) >= 11 is 0. The van der Waals surface area contributed by atoms with E-state index in [1.807, 2.05) is 0 Å². The molecule has 4 nitrogen and oxygen atoms in total. The maximum atomic E-state index is 11.8. The van der Waals surface area contributed by atoms with Gasteiger partial charge in [-0.3, -0.25) is 4.79 Å². The Labute approximate surface area is 103 Å². The molecule has 0 radical (unpaired) electrons. The maximum Gasteiger partial charge on any atom is 0.223 e. The van der Waals surface area contributed by atoms with Gasteiger partial charge >= 0.3 is 0 Å². The van der Waals surface area contributed by atoms with Crippen molar-refractivity contribution in [2.45, 2.75) is 31.8 Å². The first-order chi connectivity index (χ1) is 7.36. The molecule has 0 bridgehead atoms. The van der Waals surface area contributed by atoms with Gasteiger partial charge in [-0.2, -0.15) is 0 Å². The van der Waals surface area contributed by atoms with Crippen LogP contribution in [0, 0.1) is 5.92 Å². The lowest BCUT2D eigenvalue weighted by Gasteiger charge is -2.22. The van der Waals surface area contributed by atoms with Crippen molar-refractivity contribution in [2.75, 3.05) is 26.2 Å². The van der Waals surface area contributed by atoms with Gasteiger partial charge in [-0.15, -0.1) is 12.4 Å². The van der Waals surface area contributed by atoms with Crippen LogP contribution in [0.25, 0.3) is 0 Å². The van der Waals surface area contributed by atoms with Gasteiger partial charge in [-0.05, 0) is 38.8 Å². The molecule has 94 valence electrons. The summed E-state index contributed by atoms with van der Waals surface area (Å²) in [4.78, 5) is 11.8. The highest BCUT2D eigenvalue weighted by Gasteiger charge is 2.22. The van der Waals surface area contributed by atoms with Gasteiger partial charge in [0, 0.05) is 19.1 Å². The van der Waals surface area contributed by atoms with E-state index in [1.54, 1.807) is 0 Å². The average Bonchev–Trinajstić information content (AvgIpc) is 2.80. The third-order valence-electron chi connectivity index (χ3n) is 3.24. The summed E-state index contributed by atoms with van der Waals surface area (Å²) in [7, 11) is 0. The second-order valence-electron chi connectivity index (χ2n) is 4.40. The monoisotopic (exact) mass is 248 g/mol. The van der Waals surface area contributed by atoms with Crippen LogP contribution in [0.4, 0.5) is 0 Å². The number of nitrogens with one attached hydrogen (secondary N) is 2. The van der Waals surface area contributed by atoms with Gasteiger partial charge in [0.15, 0.2) is 0 Å². The number of amides is 1. The van der Waals surface area contributed by atoms with E-state index in [0.29, 0.717) is 6.54 Å². The van der Waals surface area contributed by atoms with Gasteiger partial charge in [0.25, 0.3) is 0 Å². The number of ether oxygens (including phenoxy) is 1. The number of carbonyl (C=O) groups excluding carboxylic acids is 1. The van der Waals surface area contributed by atoms with Crippen molar-refractivity contribution in [1.29, 1.82) is 0 Å². The summed E-state index contributed by atoms with van der Waals surface area (Å²) < 4.78 is 5.46. The molecule has 0 aromatic heterocycles. The fourth-order valence-corrected chi connectivity index (χ4v) is 2.25. The molecule has 2 N–H and O–H groups in total. The summed E-state index contributed by atoms with van der Waals surface area (Å²) in [6, 6.07) is 0. The van der Waals surface area contributed by atoms with E-state index < -0.39 is 0 Å². The zero-order valence-electron chi connectivity index (χ0n) is 9.54. The lowest BCUT2D eigenvalue weighted by atomic mass is 9.97. The molecule has 0 aromatic rings. The summed E-state index contributed by atoms with van der Waals surface area (Å²) in [5, 5.41) is 6.26. The average molecular weight is 249 g/mol. The summed E-state index contributed by atoms with van der Waals surface area (Å²) in [5.74, 6) is 0.430. The van der Waals surface area contributed by atoms with Crippen LogP contribution in [0.15, 0.2) is 0 Å². The minimum Gasteiger partial charge on any atom is -0.376 e. The Balaban J connectivity index is 0.00000128. The fraction of sp³-hybridized carbons (Fsp3) is 0.909. The van der Waals surface area contributed by atoms with Gasteiger partial charge in [0.1, 0.15) is 0 Å². The molecule has 2 rings (SSSR count). The minimum absolute atomic E-state index is 0. The predicted octanol–water partition coefficient (Wildman–Crippen LogP) is 0.703. The first-order valence-electron chi connectivity index (χ1n) is 5.96. The van der Waals surface area contributed by atoms with Crippen LogP contribution in [0.2, 0.25) is 0 Å². The topological polar surface area (TPSA) is 50.4 Å². The smallest absolute Gasteiger partial charge is 0.223 e. The van der Waals surface area contributed by atoms with Crippen LogP contribution in [-0.2, 0) is 9.53 Å². The first kappa shape index (κ1) is 13.7. The zero-order chi connectivity index (χ0) is 10.5. The Kier molecular flexibility index (Phi) is 6.09. The van der Waals surface area contributed by atoms with Gasteiger partial charge in [-0.25, -0.2) is 0 Å². The normalized spacial score (nSPS) is 26.1. The molecule has 0 aliphatic carbocycles. The van der Waals surface area contributed by atoms with Gasteiger partial charge in [-0.1, -0.05) is 0 Å². The molecule has 2 fully saturated rings. The predicted molar refractivity (Wildman–Crippen MR) is 64.8 cm³/mol. The molecule has 1 amide bonds. The second-order valence-corrected chi connectivity index (χ2v) is 4.40. The molecule has 2 saturated heterocycles. The van der Waals surface area contributed by atoms with Crippen LogP contribution in [0.5, 0.6) is 0 Å². The fourth-order valence-electron chi connectivity index (χ4n) is 2.25. The Hall–Kier alpha value is -0.320. The van der Waals surface area contributed by atoms with Gasteiger partial charge in [0.05, 0.1) is 6.10 Å². The van der Waals surface area contributed by atoms with Crippen molar-refractivity contribution in [1.82, 2.24) is 10.6 Å². The van der Waals surface area contributed by atoms with Crippen molar-refractivity contribution in [2.24, 2.45) is 5.92 Å². The molecule has 2 aliphatic rings. The van der Waals surface area contributed by atoms with Crippen molar-refractivity contribution in [3.63, 3.8) is 0 Å². The standard InChI is InChI=1S/C11H20N2O2.ClH/c14-11(9-3-5-12-6-4-9)13-8-10-2-1-7-15-10;/h9-10,12H,1-8H2,(H,13,14);1H. The second kappa shape index (κ2) is 7.09. The Morgan fingerprint density at radius 3 is 2.69 bits per heavy atom. The van der Waals surface area contributed by atoms with E-state index in [1.165, 1.54) is 0 Å². The SMILES string of the molecule is Cl.O=C(NCC1CCCO1)C1CCNCC1. The minimum atomic E-state index is 0. The quantitative estimate of drug-likeness (QED) is 0.773. The molecule has 0 saturated carbocycles. The van der Waals surface area contributed by atoms with Gasteiger partial charge in [0.2, 0.25) is 5.91 Å².